The van der Waals surface area contributed by atoms with Gasteiger partial charge in [-0.1, -0.05) is 36.4 Å². The number of amides is 2. The van der Waals surface area contributed by atoms with Gasteiger partial charge in [-0.25, -0.2) is 0 Å². The molecule has 172 valence electrons. The molecule has 0 fully saturated rings. The maximum absolute atomic E-state index is 13.8. The van der Waals surface area contributed by atoms with Crippen molar-refractivity contribution in [3.05, 3.63) is 95.4 Å². The summed E-state index contributed by atoms with van der Waals surface area (Å²) in [5.74, 6) is 0.0449. The van der Waals surface area contributed by atoms with E-state index >= 15 is 0 Å². The van der Waals surface area contributed by atoms with Crippen molar-refractivity contribution in [1.82, 2.24) is 15.1 Å². The Hall–Kier alpha value is -4.13. The van der Waals surface area contributed by atoms with Crippen molar-refractivity contribution in [2.45, 2.75) is 39.4 Å². The van der Waals surface area contributed by atoms with Gasteiger partial charge in [-0.3, -0.25) is 19.2 Å². The lowest BCUT2D eigenvalue weighted by molar-refractivity contribution is -0.126. The second kappa shape index (κ2) is 8.33. The number of hydrogen-bond donors (Lipinski definition) is 1. The highest BCUT2D eigenvalue weighted by Gasteiger charge is 2.49. The largest absolute Gasteiger partial charge is 0.463 e. The third kappa shape index (κ3) is 3.69. The molecule has 7 heteroatoms. The van der Waals surface area contributed by atoms with Crippen molar-refractivity contribution in [2.75, 3.05) is 4.90 Å². The van der Waals surface area contributed by atoms with E-state index in [1.54, 1.807) is 41.0 Å². The van der Waals surface area contributed by atoms with Gasteiger partial charge in [0.2, 0.25) is 5.91 Å². The van der Waals surface area contributed by atoms with E-state index in [4.69, 9.17) is 4.42 Å². The van der Waals surface area contributed by atoms with Crippen LogP contribution in [0.1, 0.15) is 34.1 Å². The number of aryl methyl sites for hydroxylation is 2. The summed E-state index contributed by atoms with van der Waals surface area (Å²) in [5.41, 5.74) is 3.62. The molecular formula is C27H26N4O3. The molecule has 1 unspecified atom stereocenters. The standard InChI is InChI=1S/C27H26N4O3/c1-18-11-12-21(14-19(18)2)31-25(32)23-15-22(24-10-7-13-34-24)29-30(23)17-27(31,3)26(33)28-16-20-8-5-4-6-9-20/h4-15H,16-17H2,1-3H3,(H,28,33). The summed E-state index contributed by atoms with van der Waals surface area (Å²) < 4.78 is 7.09. The fraction of sp³-hybridized carbons (Fsp3) is 0.222. The highest BCUT2D eigenvalue weighted by atomic mass is 16.3. The molecule has 5 rings (SSSR count). The molecule has 1 N–H and O–H groups in total. The van der Waals surface area contributed by atoms with Crippen LogP contribution >= 0.6 is 0 Å². The van der Waals surface area contributed by atoms with Gasteiger partial charge in [0.05, 0.1) is 12.8 Å². The van der Waals surface area contributed by atoms with Crippen LogP contribution in [-0.4, -0.2) is 27.1 Å². The predicted molar refractivity (Wildman–Crippen MR) is 129 cm³/mol. The number of nitrogens with one attached hydrogen (secondary N) is 1. The van der Waals surface area contributed by atoms with Crippen molar-refractivity contribution < 1.29 is 14.0 Å². The number of carbonyl (C=O) groups is 2. The Kier molecular flexibility index (Phi) is 5.32. The van der Waals surface area contributed by atoms with E-state index in [1.807, 2.05) is 62.4 Å². The quantitative estimate of drug-likeness (QED) is 0.482. The monoisotopic (exact) mass is 454 g/mol. The maximum Gasteiger partial charge on any atom is 0.277 e. The van der Waals surface area contributed by atoms with Gasteiger partial charge in [0.25, 0.3) is 5.91 Å². The lowest BCUT2D eigenvalue weighted by Gasteiger charge is -2.43. The van der Waals surface area contributed by atoms with Crippen LogP contribution in [-0.2, 0) is 17.9 Å². The molecule has 4 aromatic rings. The van der Waals surface area contributed by atoms with Gasteiger partial charge in [0.1, 0.15) is 16.9 Å². The van der Waals surface area contributed by atoms with Crippen LogP contribution in [0.15, 0.2) is 77.4 Å². The molecule has 34 heavy (non-hydrogen) atoms. The number of benzene rings is 2. The lowest BCUT2D eigenvalue weighted by Crippen LogP contribution is -2.64. The molecule has 0 bridgehead atoms. The number of rotatable bonds is 5. The molecule has 0 spiro atoms. The summed E-state index contributed by atoms with van der Waals surface area (Å²) in [6.07, 6.45) is 1.57. The first-order chi connectivity index (χ1) is 16.4. The average molecular weight is 455 g/mol. The van der Waals surface area contributed by atoms with Gasteiger partial charge in [0.15, 0.2) is 5.76 Å². The smallest absolute Gasteiger partial charge is 0.277 e. The molecule has 0 saturated carbocycles. The molecule has 1 atom stereocenters. The van der Waals surface area contributed by atoms with Crippen LogP contribution in [0.2, 0.25) is 0 Å². The summed E-state index contributed by atoms with van der Waals surface area (Å²) in [6.45, 7) is 6.39. The fourth-order valence-corrected chi connectivity index (χ4v) is 4.36. The van der Waals surface area contributed by atoms with Crippen LogP contribution in [0.3, 0.4) is 0 Å². The Balaban J connectivity index is 1.56. The predicted octanol–water partition coefficient (Wildman–Crippen LogP) is 4.50. The van der Waals surface area contributed by atoms with Gasteiger partial charge < -0.3 is 9.73 Å². The lowest BCUT2D eigenvalue weighted by atomic mass is 9.93. The molecule has 2 aromatic carbocycles. The number of fused-ring (bicyclic) bond motifs is 1. The molecule has 7 nitrogen and oxygen atoms in total. The van der Waals surface area contributed by atoms with E-state index in [0.29, 0.717) is 29.4 Å². The van der Waals surface area contributed by atoms with Gasteiger partial charge in [-0.2, -0.15) is 5.10 Å². The van der Waals surface area contributed by atoms with E-state index in [0.717, 1.165) is 16.7 Å². The number of furan rings is 1. The topological polar surface area (TPSA) is 80.4 Å². The summed E-state index contributed by atoms with van der Waals surface area (Å²) in [5, 5.41) is 7.62. The minimum absolute atomic E-state index is 0.211. The minimum Gasteiger partial charge on any atom is -0.463 e. The highest BCUT2D eigenvalue weighted by molar-refractivity contribution is 6.12. The number of carbonyl (C=O) groups excluding carboxylic acids is 2. The Morgan fingerprint density at radius 1 is 1.06 bits per heavy atom. The van der Waals surface area contributed by atoms with Crippen molar-refractivity contribution in [3.8, 4) is 11.5 Å². The summed E-state index contributed by atoms with van der Waals surface area (Å²) in [4.78, 5) is 29.1. The van der Waals surface area contributed by atoms with Crippen LogP contribution in [0.5, 0.6) is 0 Å². The number of anilines is 1. The fourth-order valence-electron chi connectivity index (χ4n) is 4.36. The second-order valence-electron chi connectivity index (χ2n) is 8.90. The Bertz CT molecular complexity index is 1360. The molecule has 2 aromatic heterocycles. The van der Waals surface area contributed by atoms with Gasteiger partial charge >= 0.3 is 0 Å². The number of nitrogens with zero attached hydrogens (tertiary/aromatic N) is 3. The normalized spacial score (nSPS) is 17.5. The summed E-state index contributed by atoms with van der Waals surface area (Å²) in [6, 6.07) is 20.8. The summed E-state index contributed by atoms with van der Waals surface area (Å²) >= 11 is 0. The zero-order chi connectivity index (χ0) is 23.9. The van der Waals surface area contributed by atoms with E-state index in [1.165, 1.54) is 0 Å². The zero-order valence-corrected chi connectivity index (χ0v) is 19.4. The van der Waals surface area contributed by atoms with Crippen LogP contribution in [0.25, 0.3) is 11.5 Å². The third-order valence-electron chi connectivity index (χ3n) is 6.46. The van der Waals surface area contributed by atoms with Crippen LogP contribution in [0, 0.1) is 13.8 Å². The van der Waals surface area contributed by atoms with E-state index in [2.05, 4.69) is 10.4 Å². The molecule has 1 aliphatic heterocycles. The molecule has 1 aliphatic rings. The van der Waals surface area contributed by atoms with Gasteiger partial charge in [-0.15, -0.1) is 0 Å². The van der Waals surface area contributed by atoms with Gasteiger partial charge in [-0.05, 0) is 61.7 Å². The number of hydrogen-bond acceptors (Lipinski definition) is 4. The zero-order valence-electron chi connectivity index (χ0n) is 19.4. The minimum atomic E-state index is -1.19. The van der Waals surface area contributed by atoms with Crippen molar-refractivity contribution in [1.29, 1.82) is 0 Å². The van der Waals surface area contributed by atoms with Crippen LogP contribution < -0.4 is 10.2 Å². The number of aromatic nitrogens is 2. The molecule has 0 saturated heterocycles. The SMILES string of the molecule is Cc1ccc(N2C(=O)c3cc(-c4ccco4)nn3CC2(C)C(=O)NCc2ccccc2)cc1C. The maximum atomic E-state index is 13.8. The first kappa shape index (κ1) is 21.7. The van der Waals surface area contributed by atoms with Crippen LogP contribution in [0.4, 0.5) is 5.69 Å². The molecule has 0 aliphatic carbocycles. The molecular weight excluding hydrogens is 428 g/mol. The van der Waals surface area contributed by atoms with Crippen molar-refractivity contribution in [3.63, 3.8) is 0 Å². The van der Waals surface area contributed by atoms with E-state index in [-0.39, 0.29) is 18.4 Å². The summed E-state index contributed by atoms with van der Waals surface area (Å²) in [7, 11) is 0. The Morgan fingerprint density at radius 3 is 2.56 bits per heavy atom. The highest BCUT2D eigenvalue weighted by Crippen LogP contribution is 2.35. The molecule has 0 radical (unpaired) electrons. The van der Waals surface area contributed by atoms with Gasteiger partial charge in [0, 0.05) is 18.3 Å². The average Bonchev–Trinajstić information content (AvgIpc) is 3.50. The third-order valence-corrected chi connectivity index (χ3v) is 6.46. The van der Waals surface area contributed by atoms with Crippen molar-refractivity contribution >= 4 is 17.5 Å². The Morgan fingerprint density at radius 2 is 1.85 bits per heavy atom. The molecule has 2 amide bonds. The van der Waals surface area contributed by atoms with Crippen molar-refractivity contribution in [2.24, 2.45) is 0 Å². The first-order valence-electron chi connectivity index (χ1n) is 11.2. The Labute approximate surface area is 198 Å². The van der Waals surface area contributed by atoms with E-state index in [9.17, 15) is 9.59 Å². The van der Waals surface area contributed by atoms with E-state index < -0.39 is 5.54 Å². The second-order valence-corrected chi connectivity index (χ2v) is 8.90. The first-order valence-corrected chi connectivity index (χ1v) is 11.2. The molecule has 3 heterocycles.